The zero-order chi connectivity index (χ0) is 20.1. The van der Waals surface area contributed by atoms with E-state index in [-0.39, 0.29) is 5.75 Å². The molecule has 1 unspecified atom stereocenters. The standard InChI is InChI=1S/C17H14F4N2O4/c1-26-14(24)16(17(19,20)21,27-11-7-3-2-4-8-11)23-15(25)22-13-10-6-5-9-12(13)18/h2-10H,1H3,(H2,22,23,25). The third kappa shape index (κ3) is 4.46. The summed E-state index contributed by atoms with van der Waals surface area (Å²) in [6.45, 7) is 0. The Morgan fingerprint density at radius 2 is 1.56 bits per heavy atom. The molecular formula is C17H14F4N2O4. The lowest BCUT2D eigenvalue weighted by atomic mass is 10.2. The minimum absolute atomic E-state index is 0.355. The number of methoxy groups -OCH3 is 1. The van der Waals surface area contributed by atoms with E-state index in [1.54, 1.807) is 0 Å². The molecule has 27 heavy (non-hydrogen) atoms. The number of urea groups is 1. The fraction of sp³-hybridized carbons (Fsp3) is 0.176. The lowest BCUT2D eigenvalue weighted by molar-refractivity contribution is -0.258. The van der Waals surface area contributed by atoms with Gasteiger partial charge in [-0.2, -0.15) is 13.2 Å². The summed E-state index contributed by atoms with van der Waals surface area (Å²) in [6.07, 6.45) is -5.40. The smallest absolute Gasteiger partial charge is 0.460 e. The number of para-hydroxylation sites is 2. The SMILES string of the molecule is COC(=O)C(NC(=O)Nc1ccccc1F)(Oc1ccccc1)C(F)(F)F. The van der Waals surface area contributed by atoms with Crippen LogP contribution in [-0.4, -0.2) is 31.0 Å². The summed E-state index contributed by atoms with van der Waals surface area (Å²) < 4.78 is 63.8. The number of benzene rings is 2. The van der Waals surface area contributed by atoms with Gasteiger partial charge in [0.2, 0.25) is 0 Å². The van der Waals surface area contributed by atoms with E-state index in [0.29, 0.717) is 7.11 Å². The summed E-state index contributed by atoms with van der Waals surface area (Å²) in [7, 11) is 0.702. The summed E-state index contributed by atoms with van der Waals surface area (Å²) in [5, 5.41) is 3.30. The van der Waals surface area contributed by atoms with Crippen LogP contribution >= 0.6 is 0 Å². The van der Waals surface area contributed by atoms with Crippen molar-refractivity contribution < 1.29 is 36.6 Å². The van der Waals surface area contributed by atoms with Crippen LogP contribution in [0.4, 0.5) is 28.0 Å². The first kappa shape index (κ1) is 20.0. The maximum absolute atomic E-state index is 13.7. The number of alkyl halides is 3. The molecule has 10 heteroatoms. The zero-order valence-corrected chi connectivity index (χ0v) is 13.8. The number of carbonyl (C=O) groups excluding carboxylic acids is 2. The van der Waals surface area contributed by atoms with Gasteiger partial charge in [-0.3, -0.25) is 5.32 Å². The van der Waals surface area contributed by atoms with Crippen molar-refractivity contribution in [1.82, 2.24) is 5.32 Å². The Bertz CT molecular complexity index is 814. The zero-order valence-electron chi connectivity index (χ0n) is 13.8. The third-order valence-electron chi connectivity index (χ3n) is 3.30. The minimum Gasteiger partial charge on any atom is -0.464 e. The molecule has 144 valence electrons. The Morgan fingerprint density at radius 3 is 2.11 bits per heavy atom. The lowest BCUT2D eigenvalue weighted by Gasteiger charge is -2.33. The van der Waals surface area contributed by atoms with Crippen molar-refractivity contribution in [3.8, 4) is 5.75 Å². The summed E-state index contributed by atoms with van der Waals surface area (Å²) in [4.78, 5) is 24.0. The van der Waals surface area contributed by atoms with Crippen LogP contribution in [0.5, 0.6) is 5.75 Å². The molecule has 0 spiro atoms. The van der Waals surface area contributed by atoms with Crippen molar-refractivity contribution in [3.05, 3.63) is 60.4 Å². The van der Waals surface area contributed by atoms with E-state index in [2.05, 4.69) is 4.74 Å². The molecule has 0 heterocycles. The van der Waals surface area contributed by atoms with Gasteiger partial charge in [0.25, 0.3) is 0 Å². The highest BCUT2D eigenvalue weighted by Crippen LogP contribution is 2.34. The molecule has 0 aromatic heterocycles. The van der Waals surface area contributed by atoms with Crippen molar-refractivity contribution in [2.45, 2.75) is 11.9 Å². The summed E-state index contributed by atoms with van der Waals surface area (Å²) in [5.74, 6) is -3.15. The van der Waals surface area contributed by atoms with E-state index < -0.39 is 35.4 Å². The molecule has 0 bridgehead atoms. The highest BCUT2D eigenvalue weighted by atomic mass is 19.4. The van der Waals surface area contributed by atoms with Crippen molar-refractivity contribution in [1.29, 1.82) is 0 Å². The van der Waals surface area contributed by atoms with Crippen LogP contribution in [0.3, 0.4) is 0 Å². The lowest BCUT2D eigenvalue weighted by Crippen LogP contribution is -2.68. The Balaban J connectivity index is 2.37. The van der Waals surface area contributed by atoms with Gasteiger partial charge in [-0.1, -0.05) is 30.3 Å². The molecule has 2 aromatic carbocycles. The topological polar surface area (TPSA) is 76.7 Å². The Labute approximate surface area is 151 Å². The summed E-state index contributed by atoms with van der Waals surface area (Å²) >= 11 is 0. The van der Waals surface area contributed by atoms with E-state index in [1.807, 2.05) is 5.32 Å². The van der Waals surface area contributed by atoms with Crippen molar-refractivity contribution >= 4 is 17.7 Å². The summed E-state index contributed by atoms with van der Waals surface area (Å²) in [5.41, 5.74) is -4.24. The van der Waals surface area contributed by atoms with Crippen LogP contribution < -0.4 is 15.4 Å². The second-order valence-corrected chi connectivity index (χ2v) is 5.14. The Morgan fingerprint density at radius 1 is 0.963 bits per heavy atom. The molecule has 2 amide bonds. The van der Waals surface area contributed by atoms with E-state index >= 15 is 0 Å². The van der Waals surface area contributed by atoms with E-state index in [1.165, 1.54) is 35.6 Å². The van der Waals surface area contributed by atoms with Gasteiger partial charge in [-0.05, 0) is 24.3 Å². The van der Waals surface area contributed by atoms with Crippen LogP contribution in [0.1, 0.15) is 0 Å². The maximum Gasteiger partial charge on any atom is 0.460 e. The number of carbonyl (C=O) groups is 2. The predicted molar refractivity (Wildman–Crippen MR) is 86.4 cm³/mol. The van der Waals surface area contributed by atoms with Crippen LogP contribution in [0, 0.1) is 5.82 Å². The molecule has 0 saturated heterocycles. The van der Waals surface area contributed by atoms with Gasteiger partial charge in [-0.25, -0.2) is 14.0 Å². The number of esters is 1. The highest BCUT2D eigenvalue weighted by Gasteiger charge is 2.66. The summed E-state index contributed by atoms with van der Waals surface area (Å²) in [6, 6.07) is 9.83. The van der Waals surface area contributed by atoms with E-state index in [0.717, 1.165) is 24.3 Å². The third-order valence-corrected chi connectivity index (χ3v) is 3.30. The first-order chi connectivity index (χ1) is 12.7. The Kier molecular flexibility index (Phi) is 5.88. The molecule has 0 aliphatic heterocycles. The van der Waals surface area contributed by atoms with Crippen LogP contribution in [0.25, 0.3) is 0 Å². The number of hydrogen-bond acceptors (Lipinski definition) is 4. The first-order valence-electron chi connectivity index (χ1n) is 7.42. The van der Waals surface area contributed by atoms with Crippen molar-refractivity contribution in [2.75, 3.05) is 12.4 Å². The predicted octanol–water partition coefficient (Wildman–Crippen LogP) is 3.46. The molecule has 2 aromatic rings. The van der Waals surface area contributed by atoms with Gasteiger partial charge in [0.05, 0.1) is 12.8 Å². The second kappa shape index (κ2) is 7.94. The number of amides is 2. The number of hydrogen-bond donors (Lipinski definition) is 2. The largest absolute Gasteiger partial charge is 0.464 e. The number of ether oxygens (including phenoxy) is 2. The average molecular weight is 386 g/mol. The van der Waals surface area contributed by atoms with Crippen molar-refractivity contribution in [3.63, 3.8) is 0 Å². The minimum atomic E-state index is -5.40. The molecule has 0 aliphatic carbocycles. The molecule has 0 aliphatic rings. The van der Waals surface area contributed by atoms with Crippen LogP contribution in [0.15, 0.2) is 54.6 Å². The normalized spacial score (nSPS) is 13.2. The molecule has 0 saturated carbocycles. The molecule has 2 N–H and O–H groups in total. The highest BCUT2D eigenvalue weighted by molar-refractivity contribution is 5.94. The monoisotopic (exact) mass is 386 g/mol. The number of rotatable bonds is 5. The Hall–Kier alpha value is -3.30. The molecular weight excluding hydrogens is 372 g/mol. The fourth-order valence-corrected chi connectivity index (χ4v) is 2.05. The molecule has 1 atom stereocenters. The van der Waals surface area contributed by atoms with E-state index in [4.69, 9.17) is 4.74 Å². The van der Waals surface area contributed by atoms with Gasteiger partial charge in [0.15, 0.2) is 0 Å². The fourth-order valence-electron chi connectivity index (χ4n) is 2.05. The van der Waals surface area contributed by atoms with Crippen LogP contribution in [-0.2, 0) is 9.53 Å². The average Bonchev–Trinajstić information content (AvgIpc) is 2.62. The number of nitrogens with one attached hydrogen (secondary N) is 2. The van der Waals surface area contributed by atoms with Crippen LogP contribution in [0.2, 0.25) is 0 Å². The van der Waals surface area contributed by atoms with Gasteiger partial charge in [-0.15, -0.1) is 0 Å². The number of halogens is 4. The quantitative estimate of drug-likeness (QED) is 0.469. The number of anilines is 1. The van der Waals surface area contributed by atoms with Crippen molar-refractivity contribution in [2.24, 2.45) is 0 Å². The van der Waals surface area contributed by atoms with Gasteiger partial charge in [0.1, 0.15) is 11.6 Å². The molecule has 0 fully saturated rings. The molecule has 6 nitrogen and oxygen atoms in total. The maximum atomic E-state index is 13.7. The van der Waals surface area contributed by atoms with Gasteiger partial charge in [0, 0.05) is 0 Å². The first-order valence-corrected chi connectivity index (χ1v) is 7.42. The molecule has 2 rings (SSSR count). The van der Waals surface area contributed by atoms with E-state index in [9.17, 15) is 27.2 Å². The van der Waals surface area contributed by atoms with Gasteiger partial charge < -0.3 is 14.8 Å². The molecule has 0 radical (unpaired) electrons. The van der Waals surface area contributed by atoms with Gasteiger partial charge >= 0.3 is 23.9 Å². The second-order valence-electron chi connectivity index (χ2n) is 5.14.